The molecule has 0 radical (unpaired) electrons. The van der Waals surface area contributed by atoms with E-state index in [0.29, 0.717) is 17.9 Å². The Bertz CT molecular complexity index is 474. The molecule has 0 bridgehead atoms. The van der Waals surface area contributed by atoms with Crippen molar-refractivity contribution in [2.45, 2.75) is 40.0 Å². The van der Waals surface area contributed by atoms with Gasteiger partial charge in [0, 0.05) is 12.1 Å². The Morgan fingerprint density at radius 3 is 2.33 bits per heavy atom. The normalized spacial score (nSPS) is 11.0. The maximum atomic E-state index is 11.8. The molecule has 1 amide bonds. The molecule has 0 saturated carbocycles. The van der Waals surface area contributed by atoms with Crippen LogP contribution in [0.3, 0.4) is 0 Å². The van der Waals surface area contributed by atoms with E-state index in [0.717, 1.165) is 12.8 Å². The minimum absolute atomic E-state index is 0.0153. The summed E-state index contributed by atoms with van der Waals surface area (Å²) in [5.74, 6) is -0.576. The molecule has 0 aliphatic heterocycles. The van der Waals surface area contributed by atoms with Crippen LogP contribution < -0.4 is 10.1 Å². The number of anilines is 1. The van der Waals surface area contributed by atoms with E-state index in [2.05, 4.69) is 26.1 Å². The number of amides is 1. The zero-order chi connectivity index (χ0) is 15.9. The van der Waals surface area contributed by atoms with E-state index in [1.165, 1.54) is 0 Å². The Hall–Kier alpha value is -2.04. The first-order valence-electron chi connectivity index (χ1n) is 7.01. The zero-order valence-electron chi connectivity index (χ0n) is 12.8. The quantitative estimate of drug-likeness (QED) is 0.808. The van der Waals surface area contributed by atoms with Crippen LogP contribution in [0, 0.1) is 5.41 Å². The first-order chi connectivity index (χ1) is 9.76. The Morgan fingerprint density at radius 2 is 1.81 bits per heavy atom. The number of hydrogen-bond acceptors (Lipinski definition) is 3. The van der Waals surface area contributed by atoms with Gasteiger partial charge in [-0.05, 0) is 42.5 Å². The van der Waals surface area contributed by atoms with Crippen LogP contribution in [0.15, 0.2) is 24.3 Å². The first-order valence-corrected chi connectivity index (χ1v) is 7.01. The molecule has 5 heteroatoms. The summed E-state index contributed by atoms with van der Waals surface area (Å²) < 4.78 is 5.02. The Kier molecular flexibility index (Phi) is 6.21. The van der Waals surface area contributed by atoms with E-state index in [4.69, 9.17) is 9.84 Å². The van der Waals surface area contributed by atoms with Gasteiger partial charge in [-0.25, -0.2) is 4.79 Å². The molecule has 0 aromatic heterocycles. The van der Waals surface area contributed by atoms with Gasteiger partial charge in [-0.1, -0.05) is 20.8 Å². The van der Waals surface area contributed by atoms with Gasteiger partial charge in [0.25, 0.3) is 0 Å². The van der Waals surface area contributed by atoms with Gasteiger partial charge in [-0.2, -0.15) is 0 Å². The summed E-state index contributed by atoms with van der Waals surface area (Å²) in [5.41, 5.74) is 0.919. The highest BCUT2D eigenvalue weighted by Gasteiger charge is 2.11. The van der Waals surface area contributed by atoms with Gasteiger partial charge in [-0.15, -0.1) is 0 Å². The highest BCUT2D eigenvalue weighted by Crippen LogP contribution is 2.22. The predicted octanol–water partition coefficient (Wildman–Crippen LogP) is 3.30. The molecule has 0 atom stereocenters. The minimum atomic E-state index is -1.02. The molecule has 1 aromatic carbocycles. The molecule has 0 fully saturated rings. The van der Waals surface area contributed by atoms with Crippen molar-refractivity contribution in [1.82, 2.24) is 0 Å². The number of aliphatic carboxylic acids is 1. The molecule has 5 nitrogen and oxygen atoms in total. The van der Waals surface area contributed by atoms with Crippen LogP contribution in [-0.4, -0.2) is 23.6 Å². The largest absolute Gasteiger partial charge is 0.482 e. The number of benzene rings is 1. The average molecular weight is 293 g/mol. The van der Waals surface area contributed by atoms with Crippen molar-refractivity contribution in [2.24, 2.45) is 5.41 Å². The summed E-state index contributed by atoms with van der Waals surface area (Å²) in [7, 11) is 0. The number of carboxylic acids is 1. The van der Waals surface area contributed by atoms with Crippen molar-refractivity contribution >= 4 is 17.6 Å². The van der Waals surface area contributed by atoms with Crippen molar-refractivity contribution in [3.8, 4) is 5.75 Å². The lowest BCUT2D eigenvalue weighted by molar-refractivity contribution is -0.139. The number of hydrogen-bond donors (Lipinski definition) is 2. The van der Waals surface area contributed by atoms with Gasteiger partial charge in [-0.3, -0.25) is 4.79 Å². The third kappa shape index (κ3) is 7.97. The van der Waals surface area contributed by atoms with Gasteiger partial charge in [0.15, 0.2) is 6.61 Å². The molecule has 0 aliphatic rings. The highest BCUT2D eigenvalue weighted by molar-refractivity contribution is 5.90. The Morgan fingerprint density at radius 1 is 1.19 bits per heavy atom. The smallest absolute Gasteiger partial charge is 0.341 e. The van der Waals surface area contributed by atoms with Gasteiger partial charge >= 0.3 is 5.97 Å². The van der Waals surface area contributed by atoms with E-state index in [9.17, 15) is 9.59 Å². The second-order valence-corrected chi connectivity index (χ2v) is 6.17. The number of carbonyl (C=O) groups excluding carboxylic acids is 1. The van der Waals surface area contributed by atoms with E-state index in [-0.39, 0.29) is 17.9 Å². The summed E-state index contributed by atoms with van der Waals surface area (Å²) in [4.78, 5) is 22.2. The average Bonchev–Trinajstić information content (AvgIpc) is 2.36. The number of carbonyl (C=O) groups is 2. The zero-order valence-corrected chi connectivity index (χ0v) is 12.8. The van der Waals surface area contributed by atoms with Crippen LogP contribution in [-0.2, 0) is 9.59 Å². The molecular formula is C16H23NO4. The second-order valence-electron chi connectivity index (χ2n) is 6.17. The van der Waals surface area contributed by atoms with Crippen molar-refractivity contribution in [3.63, 3.8) is 0 Å². The molecule has 0 saturated heterocycles. The molecule has 2 N–H and O–H groups in total. The number of ether oxygens (including phenoxy) is 1. The molecule has 0 unspecified atom stereocenters. The molecule has 21 heavy (non-hydrogen) atoms. The number of rotatable bonds is 7. The lowest BCUT2D eigenvalue weighted by Gasteiger charge is -2.17. The van der Waals surface area contributed by atoms with E-state index in [1.807, 2.05) is 0 Å². The monoisotopic (exact) mass is 293 g/mol. The van der Waals surface area contributed by atoms with Crippen LogP contribution in [0.5, 0.6) is 5.75 Å². The molecule has 0 heterocycles. The fourth-order valence-corrected chi connectivity index (χ4v) is 1.78. The lowest BCUT2D eigenvalue weighted by atomic mass is 9.90. The maximum Gasteiger partial charge on any atom is 0.341 e. The van der Waals surface area contributed by atoms with Gasteiger partial charge in [0.05, 0.1) is 0 Å². The van der Waals surface area contributed by atoms with Gasteiger partial charge < -0.3 is 15.2 Å². The molecule has 1 aromatic rings. The van der Waals surface area contributed by atoms with Crippen LogP contribution in [0.4, 0.5) is 5.69 Å². The SMILES string of the molecule is CC(C)(C)CCCC(=O)Nc1ccc(OCC(=O)O)cc1. The van der Waals surface area contributed by atoms with Gasteiger partial charge in [0.1, 0.15) is 5.75 Å². The summed E-state index contributed by atoms with van der Waals surface area (Å²) >= 11 is 0. The molecule has 0 spiro atoms. The second kappa shape index (κ2) is 7.67. The van der Waals surface area contributed by atoms with E-state index >= 15 is 0 Å². The van der Waals surface area contributed by atoms with Crippen LogP contribution in [0.25, 0.3) is 0 Å². The van der Waals surface area contributed by atoms with E-state index in [1.54, 1.807) is 24.3 Å². The van der Waals surface area contributed by atoms with Crippen LogP contribution in [0.1, 0.15) is 40.0 Å². The molecule has 0 aliphatic carbocycles. The van der Waals surface area contributed by atoms with Gasteiger partial charge in [0.2, 0.25) is 5.91 Å². The lowest BCUT2D eigenvalue weighted by Crippen LogP contribution is -2.13. The maximum absolute atomic E-state index is 11.8. The van der Waals surface area contributed by atoms with Crippen LogP contribution >= 0.6 is 0 Å². The summed E-state index contributed by atoms with van der Waals surface area (Å²) in [6, 6.07) is 6.65. The Labute approximate surface area is 125 Å². The summed E-state index contributed by atoms with van der Waals surface area (Å²) in [5, 5.41) is 11.3. The molecule has 1 rings (SSSR count). The summed E-state index contributed by atoms with van der Waals surface area (Å²) in [6.07, 6.45) is 2.35. The standard InChI is InChI=1S/C16H23NO4/c1-16(2,3)10-4-5-14(18)17-12-6-8-13(9-7-12)21-11-15(19)20/h6-9H,4-5,10-11H2,1-3H3,(H,17,18)(H,19,20). The fraction of sp³-hybridized carbons (Fsp3) is 0.500. The molecule has 116 valence electrons. The highest BCUT2D eigenvalue weighted by atomic mass is 16.5. The third-order valence-corrected chi connectivity index (χ3v) is 2.83. The first kappa shape index (κ1) is 17.0. The molecular weight excluding hydrogens is 270 g/mol. The number of nitrogens with one attached hydrogen (secondary N) is 1. The van der Waals surface area contributed by atoms with Crippen molar-refractivity contribution in [3.05, 3.63) is 24.3 Å². The van der Waals surface area contributed by atoms with Crippen LogP contribution in [0.2, 0.25) is 0 Å². The Balaban J connectivity index is 2.37. The topological polar surface area (TPSA) is 75.6 Å². The predicted molar refractivity (Wildman–Crippen MR) is 81.5 cm³/mol. The minimum Gasteiger partial charge on any atom is -0.482 e. The third-order valence-electron chi connectivity index (χ3n) is 2.83. The number of carboxylic acid groups (broad SMARTS) is 1. The van der Waals surface area contributed by atoms with Crippen molar-refractivity contribution in [2.75, 3.05) is 11.9 Å². The van der Waals surface area contributed by atoms with Crippen molar-refractivity contribution < 1.29 is 19.4 Å². The summed E-state index contributed by atoms with van der Waals surface area (Å²) in [6.45, 7) is 6.08. The van der Waals surface area contributed by atoms with E-state index < -0.39 is 5.97 Å². The fourth-order valence-electron chi connectivity index (χ4n) is 1.78. The van der Waals surface area contributed by atoms with Crippen molar-refractivity contribution in [1.29, 1.82) is 0 Å².